The number of hydrogen-bond donors (Lipinski definition) is 3. The molecule has 1 atom stereocenters. The highest BCUT2D eigenvalue weighted by Gasteiger charge is 2.31. The number of benzene rings is 2. The van der Waals surface area contributed by atoms with E-state index in [0.29, 0.717) is 22.5 Å². The summed E-state index contributed by atoms with van der Waals surface area (Å²) >= 11 is 0. The Morgan fingerprint density at radius 2 is 1.90 bits per heavy atom. The molecular formula is C19H22N4O5S2. The second-order valence-corrected chi connectivity index (χ2v) is 10.4. The van der Waals surface area contributed by atoms with Crippen molar-refractivity contribution in [2.45, 2.75) is 31.7 Å². The summed E-state index contributed by atoms with van der Waals surface area (Å²) < 4.78 is 52.6. The van der Waals surface area contributed by atoms with E-state index >= 15 is 0 Å². The third-order valence-electron chi connectivity index (χ3n) is 4.50. The zero-order valence-corrected chi connectivity index (χ0v) is 18.3. The molecule has 0 aliphatic carbocycles. The quantitative estimate of drug-likeness (QED) is 0.617. The van der Waals surface area contributed by atoms with Crippen LogP contribution in [0.25, 0.3) is 0 Å². The Bertz CT molecular complexity index is 1240. The summed E-state index contributed by atoms with van der Waals surface area (Å²) in [5.74, 6) is -0.364. The topological polar surface area (TPSA) is 134 Å². The van der Waals surface area contributed by atoms with Gasteiger partial charge in [-0.15, -0.1) is 0 Å². The normalized spacial score (nSPS) is 17.1. The molecule has 1 heterocycles. The molecule has 160 valence electrons. The zero-order chi connectivity index (χ0) is 22.1. The van der Waals surface area contributed by atoms with Crippen LogP contribution in [0, 0.1) is 6.92 Å². The molecule has 3 rings (SSSR count). The number of nitrogens with zero attached hydrogens (tertiary/aromatic N) is 1. The van der Waals surface area contributed by atoms with Gasteiger partial charge in [-0.3, -0.25) is 19.2 Å². The fourth-order valence-electron chi connectivity index (χ4n) is 2.82. The van der Waals surface area contributed by atoms with E-state index in [4.69, 9.17) is 0 Å². The van der Waals surface area contributed by atoms with E-state index in [9.17, 15) is 21.6 Å². The molecule has 0 saturated heterocycles. The van der Waals surface area contributed by atoms with Crippen LogP contribution in [0.4, 0.5) is 11.4 Å². The third-order valence-corrected chi connectivity index (χ3v) is 7.19. The number of rotatable bonds is 6. The highest BCUT2D eigenvalue weighted by Crippen LogP contribution is 2.23. The summed E-state index contributed by atoms with van der Waals surface area (Å²) in [6, 6.07) is 10.3. The van der Waals surface area contributed by atoms with E-state index in [1.165, 1.54) is 13.0 Å². The fraction of sp³-hybridized carbons (Fsp3) is 0.263. The highest BCUT2D eigenvalue weighted by molar-refractivity contribution is 7.92. The molecule has 0 unspecified atom stereocenters. The Hall–Kier alpha value is -2.92. The van der Waals surface area contributed by atoms with Crippen molar-refractivity contribution in [1.29, 1.82) is 0 Å². The summed E-state index contributed by atoms with van der Waals surface area (Å²) in [6.45, 7) is 4.81. The van der Waals surface area contributed by atoms with Gasteiger partial charge in [0.25, 0.3) is 10.0 Å². The minimum atomic E-state index is -3.68. The molecule has 3 N–H and O–H groups in total. The lowest BCUT2D eigenvalue weighted by Crippen LogP contribution is -2.29. The van der Waals surface area contributed by atoms with E-state index in [0.717, 1.165) is 0 Å². The Labute approximate surface area is 175 Å². The zero-order valence-electron chi connectivity index (χ0n) is 16.6. The van der Waals surface area contributed by atoms with Crippen molar-refractivity contribution in [3.8, 4) is 0 Å². The molecule has 0 saturated carbocycles. The van der Waals surface area contributed by atoms with Crippen LogP contribution in [0.3, 0.4) is 0 Å². The molecule has 0 bridgehead atoms. The first-order valence-electron chi connectivity index (χ1n) is 9.14. The molecule has 1 aliphatic heterocycles. The number of carbonyl (C=O) groups is 1. The molecule has 9 nitrogen and oxygen atoms in total. The maximum absolute atomic E-state index is 12.5. The number of carbonyl (C=O) groups excluding carboxylic acids is 1. The summed E-state index contributed by atoms with van der Waals surface area (Å²) in [5, 5.41) is 2.70. The van der Waals surface area contributed by atoms with Gasteiger partial charge < -0.3 is 5.32 Å². The number of nitrogens with one attached hydrogen (secondary N) is 3. The van der Waals surface area contributed by atoms with Crippen LogP contribution in [0.2, 0.25) is 0 Å². The Kier molecular flexibility index (Phi) is 5.86. The molecular weight excluding hydrogens is 428 g/mol. The number of sulfonamides is 2. The highest BCUT2D eigenvalue weighted by atomic mass is 32.2. The molecule has 2 aromatic rings. The van der Waals surface area contributed by atoms with Crippen LogP contribution in [0.5, 0.6) is 0 Å². The number of hydrogen-bond acceptors (Lipinski definition) is 6. The average Bonchev–Trinajstić information content (AvgIpc) is 2.94. The molecule has 30 heavy (non-hydrogen) atoms. The predicted molar refractivity (Wildman–Crippen MR) is 116 cm³/mol. The minimum absolute atomic E-state index is 0.0460. The second-order valence-electron chi connectivity index (χ2n) is 6.78. The third kappa shape index (κ3) is 4.62. The number of aliphatic imine (C=N–C) groups is 1. The van der Waals surface area contributed by atoms with Crippen molar-refractivity contribution < 1.29 is 21.6 Å². The molecule has 0 fully saturated rings. The van der Waals surface area contributed by atoms with Gasteiger partial charge in [0.2, 0.25) is 15.9 Å². The van der Waals surface area contributed by atoms with Crippen molar-refractivity contribution in [2.75, 3.05) is 15.8 Å². The van der Waals surface area contributed by atoms with Crippen LogP contribution in [0.15, 0.2) is 52.4 Å². The standard InChI is InChI=1S/C19H22N4O5S2/c1-4-29(25,26)22-16-10-9-14(11-12(16)2)21-19(24)13(3)20-18-15-7-5-6-8-17(15)30(27,28)23-18/h5-11,13,22H,4H2,1-3H3,(H,20,23)(H,21,24)/t13-/m0/s1. The van der Waals surface area contributed by atoms with Crippen LogP contribution in [-0.2, 0) is 24.8 Å². The lowest BCUT2D eigenvalue weighted by Gasteiger charge is -2.13. The number of aryl methyl sites for hydroxylation is 1. The summed E-state index contributed by atoms with van der Waals surface area (Å²) in [7, 11) is -7.08. The molecule has 0 radical (unpaired) electrons. The van der Waals surface area contributed by atoms with Gasteiger partial charge in [-0.1, -0.05) is 12.1 Å². The van der Waals surface area contributed by atoms with Gasteiger partial charge in [0.1, 0.15) is 11.9 Å². The summed E-state index contributed by atoms with van der Waals surface area (Å²) in [6.07, 6.45) is 0. The van der Waals surface area contributed by atoms with E-state index in [1.807, 2.05) is 0 Å². The molecule has 11 heteroatoms. The predicted octanol–water partition coefficient (Wildman–Crippen LogP) is 1.82. The van der Waals surface area contributed by atoms with Gasteiger partial charge in [-0.25, -0.2) is 16.8 Å². The first-order valence-corrected chi connectivity index (χ1v) is 12.3. The van der Waals surface area contributed by atoms with E-state index < -0.39 is 32.0 Å². The number of amidine groups is 1. The molecule has 1 amide bonds. The van der Waals surface area contributed by atoms with E-state index in [1.54, 1.807) is 50.2 Å². The lowest BCUT2D eigenvalue weighted by molar-refractivity contribution is -0.117. The monoisotopic (exact) mass is 450 g/mol. The first kappa shape index (κ1) is 21.8. The number of fused-ring (bicyclic) bond motifs is 1. The van der Waals surface area contributed by atoms with Gasteiger partial charge in [0.15, 0.2) is 0 Å². The Morgan fingerprint density at radius 3 is 2.57 bits per heavy atom. The minimum Gasteiger partial charge on any atom is -0.324 e. The van der Waals surface area contributed by atoms with Crippen molar-refractivity contribution in [1.82, 2.24) is 4.72 Å². The number of anilines is 2. The molecule has 2 aromatic carbocycles. The summed E-state index contributed by atoms with van der Waals surface area (Å²) in [5.41, 5.74) is 1.96. The van der Waals surface area contributed by atoms with Crippen LogP contribution >= 0.6 is 0 Å². The van der Waals surface area contributed by atoms with Gasteiger partial charge in [-0.05, 0) is 56.7 Å². The first-order chi connectivity index (χ1) is 14.0. The molecule has 1 aliphatic rings. The molecule has 0 spiro atoms. The smallest absolute Gasteiger partial charge is 0.263 e. The fourth-order valence-corrected chi connectivity index (χ4v) is 4.77. The summed E-state index contributed by atoms with van der Waals surface area (Å²) in [4.78, 5) is 16.9. The van der Waals surface area contributed by atoms with E-state index in [-0.39, 0.29) is 16.5 Å². The van der Waals surface area contributed by atoms with Crippen molar-refractivity contribution in [3.05, 3.63) is 53.6 Å². The second kappa shape index (κ2) is 8.07. The van der Waals surface area contributed by atoms with Gasteiger partial charge in [0.05, 0.1) is 16.3 Å². The van der Waals surface area contributed by atoms with Crippen molar-refractivity contribution in [3.63, 3.8) is 0 Å². The average molecular weight is 451 g/mol. The van der Waals surface area contributed by atoms with Crippen LogP contribution < -0.4 is 14.8 Å². The van der Waals surface area contributed by atoms with Gasteiger partial charge in [0, 0.05) is 11.3 Å². The van der Waals surface area contributed by atoms with Crippen molar-refractivity contribution in [2.24, 2.45) is 4.99 Å². The largest absolute Gasteiger partial charge is 0.324 e. The Balaban J connectivity index is 1.76. The number of amides is 1. The van der Waals surface area contributed by atoms with Gasteiger partial charge in [-0.2, -0.15) is 0 Å². The van der Waals surface area contributed by atoms with Crippen molar-refractivity contribution >= 4 is 43.2 Å². The SMILES string of the molecule is CCS(=O)(=O)Nc1ccc(NC(=O)[C@H](C)N=C2NS(=O)(=O)c3ccccc32)cc1C. The van der Waals surface area contributed by atoms with Gasteiger partial charge >= 0.3 is 0 Å². The molecule has 0 aromatic heterocycles. The Morgan fingerprint density at radius 1 is 1.20 bits per heavy atom. The maximum atomic E-state index is 12.5. The van der Waals surface area contributed by atoms with Crippen LogP contribution in [-0.4, -0.2) is 40.4 Å². The maximum Gasteiger partial charge on any atom is 0.263 e. The van der Waals surface area contributed by atoms with E-state index in [2.05, 4.69) is 19.8 Å². The lowest BCUT2D eigenvalue weighted by atomic mass is 10.1. The van der Waals surface area contributed by atoms with Crippen LogP contribution in [0.1, 0.15) is 25.0 Å².